The molecule has 0 heterocycles. The van der Waals surface area contributed by atoms with Crippen LogP contribution in [0, 0.1) is 13.8 Å². The van der Waals surface area contributed by atoms with Crippen LogP contribution in [0.2, 0.25) is 0 Å². The van der Waals surface area contributed by atoms with Crippen molar-refractivity contribution in [3.63, 3.8) is 0 Å². The van der Waals surface area contributed by atoms with E-state index < -0.39 is 36.1 Å². The lowest BCUT2D eigenvalue weighted by Gasteiger charge is -2.21. The van der Waals surface area contributed by atoms with Crippen molar-refractivity contribution in [1.82, 2.24) is 0 Å². The molecule has 4 N–H and O–H groups in total. The summed E-state index contributed by atoms with van der Waals surface area (Å²) in [4.78, 5) is 47.3. The van der Waals surface area contributed by atoms with Gasteiger partial charge in [-0.25, -0.2) is 19.2 Å². The Hall–Kier alpha value is -3.72. The highest BCUT2D eigenvalue weighted by molar-refractivity contribution is 5.95. The van der Waals surface area contributed by atoms with Crippen molar-refractivity contribution in [2.24, 2.45) is 0 Å². The highest BCUT2D eigenvalue weighted by atomic mass is 16.6. The van der Waals surface area contributed by atoms with E-state index in [1.54, 1.807) is 38.1 Å². The zero-order chi connectivity index (χ0) is 20.8. The van der Waals surface area contributed by atoms with Gasteiger partial charge in [0.05, 0.1) is 11.1 Å². The molecular formula is C20H20O9. The zero-order valence-electron chi connectivity index (χ0n) is 15.6. The van der Waals surface area contributed by atoms with Crippen molar-refractivity contribution in [3.8, 4) is 0 Å². The van der Waals surface area contributed by atoms with Gasteiger partial charge in [0.2, 0.25) is 12.2 Å². The van der Waals surface area contributed by atoms with E-state index in [1.165, 1.54) is 24.3 Å². The minimum atomic E-state index is -2.22. The molecule has 0 spiro atoms. The lowest BCUT2D eigenvalue weighted by molar-refractivity contribution is -0.166. The van der Waals surface area contributed by atoms with Gasteiger partial charge in [0.25, 0.3) is 0 Å². The molecule has 0 fully saturated rings. The summed E-state index contributed by atoms with van der Waals surface area (Å²) in [5.74, 6) is -5.62. The molecule has 0 aromatic heterocycles. The van der Waals surface area contributed by atoms with Crippen molar-refractivity contribution in [2.45, 2.75) is 26.1 Å². The number of hydrogen-bond donors (Lipinski definition) is 2. The van der Waals surface area contributed by atoms with Crippen LogP contribution in [0.4, 0.5) is 0 Å². The summed E-state index contributed by atoms with van der Waals surface area (Å²) >= 11 is 0. The molecule has 0 unspecified atom stereocenters. The molecule has 2 aromatic carbocycles. The van der Waals surface area contributed by atoms with Gasteiger partial charge in [0.15, 0.2) is 0 Å². The van der Waals surface area contributed by atoms with Crippen LogP contribution in [0.25, 0.3) is 0 Å². The summed E-state index contributed by atoms with van der Waals surface area (Å²) in [5.41, 5.74) is 1.79. The Morgan fingerprint density at radius 3 is 1.17 bits per heavy atom. The van der Waals surface area contributed by atoms with Gasteiger partial charge in [0, 0.05) is 0 Å². The first-order valence-corrected chi connectivity index (χ1v) is 8.20. The van der Waals surface area contributed by atoms with Crippen molar-refractivity contribution in [1.29, 1.82) is 0 Å². The summed E-state index contributed by atoms with van der Waals surface area (Å²) in [6.07, 6.45) is -4.44. The predicted molar refractivity (Wildman–Crippen MR) is 99.7 cm³/mol. The minimum absolute atomic E-state index is 0. The molecule has 0 aliphatic heterocycles. The van der Waals surface area contributed by atoms with Gasteiger partial charge in [-0.15, -0.1) is 0 Å². The van der Waals surface area contributed by atoms with Gasteiger partial charge >= 0.3 is 23.9 Å². The summed E-state index contributed by atoms with van der Waals surface area (Å²) in [6, 6.07) is 12.1. The van der Waals surface area contributed by atoms with Crippen LogP contribution >= 0.6 is 0 Å². The largest absolute Gasteiger partial charge is 0.478 e. The van der Waals surface area contributed by atoms with Crippen LogP contribution in [-0.2, 0) is 19.1 Å². The molecule has 0 radical (unpaired) electrons. The lowest BCUT2D eigenvalue weighted by atomic mass is 10.1. The SMILES string of the molecule is Cc1ccc(C(=O)O[C@@H](C(=O)O)[C@@H](OC(=O)c2ccc(C)cc2)C(=O)O)cc1.O. The van der Waals surface area contributed by atoms with E-state index >= 15 is 0 Å². The van der Waals surface area contributed by atoms with E-state index in [9.17, 15) is 29.4 Å². The van der Waals surface area contributed by atoms with Gasteiger partial charge in [-0.1, -0.05) is 35.4 Å². The van der Waals surface area contributed by atoms with Crippen molar-refractivity contribution in [2.75, 3.05) is 0 Å². The molecule has 0 aliphatic carbocycles. The molecule has 0 saturated carbocycles. The minimum Gasteiger partial charge on any atom is -0.478 e. The number of carboxylic acid groups (broad SMARTS) is 2. The second kappa shape index (κ2) is 10.00. The summed E-state index contributed by atoms with van der Waals surface area (Å²) in [5, 5.41) is 18.6. The molecule has 2 atom stereocenters. The Morgan fingerprint density at radius 2 is 0.931 bits per heavy atom. The molecule has 0 saturated heterocycles. The van der Waals surface area contributed by atoms with E-state index in [4.69, 9.17) is 9.47 Å². The molecular weight excluding hydrogens is 384 g/mol. The normalized spacial score (nSPS) is 12.1. The third-order valence-corrected chi connectivity index (χ3v) is 3.80. The van der Waals surface area contributed by atoms with Crippen molar-refractivity contribution >= 4 is 23.9 Å². The van der Waals surface area contributed by atoms with Gasteiger partial charge in [-0.05, 0) is 38.1 Å². The highest BCUT2D eigenvalue weighted by Gasteiger charge is 2.41. The number of benzene rings is 2. The molecule has 9 heteroatoms. The number of carbonyl (C=O) groups excluding carboxylic acids is 2. The zero-order valence-corrected chi connectivity index (χ0v) is 15.6. The predicted octanol–water partition coefficient (Wildman–Crippen LogP) is 1.40. The maximum absolute atomic E-state index is 12.2. The Labute approximate surface area is 165 Å². The first-order chi connectivity index (χ1) is 13.2. The fourth-order valence-corrected chi connectivity index (χ4v) is 2.23. The van der Waals surface area contributed by atoms with Gasteiger partial charge in [-0.2, -0.15) is 0 Å². The molecule has 2 rings (SSSR count). The first-order valence-electron chi connectivity index (χ1n) is 8.20. The van der Waals surface area contributed by atoms with E-state index in [1.807, 2.05) is 0 Å². The van der Waals surface area contributed by atoms with Gasteiger partial charge in [-0.3, -0.25) is 0 Å². The second-order valence-electron chi connectivity index (χ2n) is 6.06. The molecule has 9 nitrogen and oxygen atoms in total. The highest BCUT2D eigenvalue weighted by Crippen LogP contribution is 2.14. The Morgan fingerprint density at radius 1 is 0.655 bits per heavy atom. The van der Waals surface area contributed by atoms with E-state index in [2.05, 4.69) is 0 Å². The third kappa shape index (κ3) is 6.15. The summed E-state index contributed by atoms with van der Waals surface area (Å²) in [6.45, 7) is 3.58. The molecule has 0 bridgehead atoms. The fourth-order valence-electron chi connectivity index (χ4n) is 2.23. The Kier molecular flexibility index (Phi) is 8.04. The van der Waals surface area contributed by atoms with E-state index in [-0.39, 0.29) is 16.6 Å². The average molecular weight is 404 g/mol. The lowest BCUT2D eigenvalue weighted by Crippen LogP contribution is -2.45. The Balaban J connectivity index is 0.00000420. The molecule has 2 aromatic rings. The number of hydrogen-bond acceptors (Lipinski definition) is 6. The molecule has 0 aliphatic rings. The number of ether oxygens (including phenoxy) is 2. The fraction of sp³-hybridized carbons (Fsp3) is 0.200. The summed E-state index contributed by atoms with van der Waals surface area (Å²) < 4.78 is 9.64. The molecule has 0 amide bonds. The number of rotatable bonds is 7. The second-order valence-corrected chi connectivity index (χ2v) is 6.06. The van der Waals surface area contributed by atoms with E-state index in [0.29, 0.717) is 0 Å². The number of aryl methyl sites for hydroxylation is 2. The maximum atomic E-state index is 12.2. The number of esters is 2. The van der Waals surface area contributed by atoms with Crippen LogP contribution in [0.3, 0.4) is 0 Å². The van der Waals surface area contributed by atoms with Gasteiger partial charge in [0.1, 0.15) is 0 Å². The smallest absolute Gasteiger partial charge is 0.349 e. The van der Waals surface area contributed by atoms with Crippen LogP contribution in [0.5, 0.6) is 0 Å². The Bertz CT molecular complexity index is 810. The monoisotopic (exact) mass is 404 g/mol. The van der Waals surface area contributed by atoms with Crippen molar-refractivity contribution < 1.29 is 44.3 Å². The quantitative estimate of drug-likeness (QED) is 0.655. The van der Waals surface area contributed by atoms with Crippen molar-refractivity contribution in [3.05, 3.63) is 70.8 Å². The van der Waals surface area contributed by atoms with E-state index in [0.717, 1.165) is 11.1 Å². The maximum Gasteiger partial charge on any atom is 0.349 e. The van der Waals surface area contributed by atoms with Crippen LogP contribution in [0.1, 0.15) is 31.8 Å². The van der Waals surface area contributed by atoms with Gasteiger partial charge < -0.3 is 25.2 Å². The average Bonchev–Trinajstić information content (AvgIpc) is 2.64. The van der Waals surface area contributed by atoms with Crippen LogP contribution in [-0.4, -0.2) is 51.8 Å². The topological polar surface area (TPSA) is 159 Å². The molecule has 154 valence electrons. The van der Waals surface area contributed by atoms with Crippen LogP contribution in [0.15, 0.2) is 48.5 Å². The van der Waals surface area contributed by atoms with Crippen LogP contribution < -0.4 is 0 Å². The number of carboxylic acids is 2. The summed E-state index contributed by atoms with van der Waals surface area (Å²) in [7, 11) is 0. The molecule has 29 heavy (non-hydrogen) atoms. The first kappa shape index (κ1) is 23.3. The number of aliphatic carboxylic acids is 2. The third-order valence-electron chi connectivity index (χ3n) is 3.80. The number of carbonyl (C=O) groups is 4. The standard InChI is InChI=1S/C20H18O8.H2O/c1-11-3-7-13(8-4-11)19(25)27-15(17(21)22)16(18(23)24)28-20(26)14-9-5-12(2)6-10-14;/h3-10,15-16H,1-2H3,(H,21,22)(H,23,24);1H2/t15-,16-;/m1./s1.